The number of hydrogen-bond acceptors (Lipinski definition) is 2. The highest BCUT2D eigenvalue weighted by atomic mass is 19.4. The monoisotopic (exact) mass is 261 g/mol. The number of aryl methyl sites for hydroxylation is 1. The number of ether oxygens (including phenoxy) is 1. The Morgan fingerprint density at radius 3 is 2.44 bits per heavy atom. The number of rotatable bonds is 5. The highest BCUT2D eigenvalue weighted by molar-refractivity contribution is 5.37. The van der Waals surface area contributed by atoms with Crippen LogP contribution in [-0.4, -0.2) is 19.8 Å². The topological polar surface area (TPSA) is 21.3 Å². The molecule has 1 rings (SSSR count). The Balaban J connectivity index is 3.02. The van der Waals surface area contributed by atoms with Crippen LogP contribution in [0.5, 0.6) is 5.75 Å². The van der Waals surface area contributed by atoms with E-state index < -0.39 is 12.2 Å². The van der Waals surface area contributed by atoms with E-state index in [0.717, 1.165) is 0 Å². The molecule has 1 N–H and O–H groups in total. The highest BCUT2D eigenvalue weighted by Crippen LogP contribution is 2.34. The number of hydrogen-bond donors (Lipinski definition) is 1. The summed E-state index contributed by atoms with van der Waals surface area (Å²) in [6, 6.07) is 2.91. The Bertz CT molecular complexity index is 390. The Kier molecular flexibility index (Phi) is 5.02. The molecule has 0 aliphatic heterocycles. The molecule has 0 bridgehead atoms. The van der Waals surface area contributed by atoms with Gasteiger partial charge in [0.15, 0.2) is 0 Å². The van der Waals surface area contributed by atoms with Crippen molar-refractivity contribution in [2.45, 2.75) is 32.5 Å². The lowest BCUT2D eigenvalue weighted by Gasteiger charge is -2.22. The lowest BCUT2D eigenvalue weighted by Crippen LogP contribution is -2.34. The third-order valence-electron chi connectivity index (χ3n) is 2.68. The molecule has 0 aromatic heterocycles. The first-order valence-corrected chi connectivity index (χ1v) is 5.84. The molecule has 0 fully saturated rings. The van der Waals surface area contributed by atoms with Gasteiger partial charge in [-0.3, -0.25) is 0 Å². The second-order valence-electron chi connectivity index (χ2n) is 4.16. The van der Waals surface area contributed by atoms with Gasteiger partial charge >= 0.3 is 6.18 Å². The van der Waals surface area contributed by atoms with Crippen molar-refractivity contribution in [2.75, 3.05) is 13.7 Å². The molecule has 5 heteroatoms. The van der Waals surface area contributed by atoms with Crippen LogP contribution in [-0.2, 0) is 0 Å². The van der Waals surface area contributed by atoms with Crippen molar-refractivity contribution in [3.63, 3.8) is 0 Å². The standard InChI is InChI=1S/C13H18F3NO/c1-4-7-17-12(13(14,15)16)10-5-6-11(18-3)9(2)8-10/h5-6,8,12,17H,4,7H2,1-3H3. The fraction of sp³-hybridized carbons (Fsp3) is 0.538. The first-order chi connectivity index (χ1) is 8.40. The number of benzene rings is 1. The maximum Gasteiger partial charge on any atom is 0.407 e. The van der Waals surface area contributed by atoms with E-state index in [1.54, 1.807) is 13.0 Å². The van der Waals surface area contributed by atoms with Gasteiger partial charge in [0, 0.05) is 0 Å². The van der Waals surface area contributed by atoms with E-state index in [4.69, 9.17) is 4.74 Å². The summed E-state index contributed by atoms with van der Waals surface area (Å²) in [5.41, 5.74) is 0.914. The lowest BCUT2D eigenvalue weighted by atomic mass is 10.0. The van der Waals surface area contributed by atoms with Gasteiger partial charge in [0.1, 0.15) is 11.8 Å². The summed E-state index contributed by atoms with van der Waals surface area (Å²) < 4.78 is 43.9. The highest BCUT2D eigenvalue weighted by Gasteiger charge is 2.40. The number of halogens is 3. The molecular formula is C13H18F3NO. The molecule has 0 amide bonds. The maximum absolute atomic E-state index is 12.9. The first-order valence-electron chi connectivity index (χ1n) is 5.84. The minimum Gasteiger partial charge on any atom is -0.496 e. The third kappa shape index (κ3) is 3.63. The van der Waals surface area contributed by atoms with Gasteiger partial charge in [-0.1, -0.05) is 19.1 Å². The van der Waals surface area contributed by atoms with Crippen LogP contribution in [0.15, 0.2) is 18.2 Å². The van der Waals surface area contributed by atoms with Gasteiger partial charge in [-0.25, -0.2) is 0 Å². The van der Waals surface area contributed by atoms with Crippen molar-refractivity contribution in [1.29, 1.82) is 0 Å². The van der Waals surface area contributed by atoms with Gasteiger partial charge in [0.05, 0.1) is 7.11 Å². The summed E-state index contributed by atoms with van der Waals surface area (Å²) in [6.07, 6.45) is -3.64. The zero-order chi connectivity index (χ0) is 13.8. The summed E-state index contributed by atoms with van der Waals surface area (Å²) in [4.78, 5) is 0. The summed E-state index contributed by atoms with van der Waals surface area (Å²) in [6.45, 7) is 3.89. The summed E-state index contributed by atoms with van der Waals surface area (Å²) in [5, 5.41) is 2.52. The van der Waals surface area contributed by atoms with Crippen LogP contribution in [0.3, 0.4) is 0 Å². The van der Waals surface area contributed by atoms with Crippen molar-refractivity contribution in [2.24, 2.45) is 0 Å². The van der Waals surface area contributed by atoms with Crippen molar-refractivity contribution in [3.05, 3.63) is 29.3 Å². The molecule has 0 aliphatic carbocycles. The molecule has 1 unspecified atom stereocenters. The van der Waals surface area contributed by atoms with Crippen LogP contribution in [0.2, 0.25) is 0 Å². The molecule has 18 heavy (non-hydrogen) atoms. The minimum absolute atomic E-state index is 0.217. The summed E-state index contributed by atoms with van der Waals surface area (Å²) >= 11 is 0. The minimum atomic E-state index is -4.30. The molecule has 0 spiro atoms. The van der Waals surface area contributed by atoms with Gasteiger partial charge in [0.25, 0.3) is 0 Å². The van der Waals surface area contributed by atoms with Crippen LogP contribution in [0.25, 0.3) is 0 Å². The molecule has 0 saturated heterocycles. The van der Waals surface area contributed by atoms with Crippen LogP contribution < -0.4 is 10.1 Å². The van der Waals surface area contributed by atoms with Crippen LogP contribution in [0.1, 0.15) is 30.5 Å². The summed E-state index contributed by atoms with van der Waals surface area (Å²) in [5.74, 6) is 0.593. The predicted molar refractivity (Wildman–Crippen MR) is 64.8 cm³/mol. The summed E-state index contributed by atoms with van der Waals surface area (Å²) in [7, 11) is 1.50. The van der Waals surface area contributed by atoms with Crippen LogP contribution in [0.4, 0.5) is 13.2 Å². The molecule has 0 saturated carbocycles. The Hall–Kier alpha value is -1.23. The molecular weight excluding hydrogens is 243 g/mol. The predicted octanol–water partition coefficient (Wildman–Crippen LogP) is 3.61. The average molecular weight is 261 g/mol. The molecule has 1 atom stereocenters. The molecule has 1 aromatic carbocycles. The van der Waals surface area contributed by atoms with Crippen LogP contribution >= 0.6 is 0 Å². The second-order valence-corrected chi connectivity index (χ2v) is 4.16. The van der Waals surface area contributed by atoms with Gasteiger partial charge in [-0.05, 0) is 37.1 Å². The Labute approximate surface area is 105 Å². The van der Waals surface area contributed by atoms with E-state index in [0.29, 0.717) is 24.3 Å². The van der Waals surface area contributed by atoms with Crippen molar-refractivity contribution in [3.8, 4) is 5.75 Å². The second kappa shape index (κ2) is 6.09. The van der Waals surface area contributed by atoms with Gasteiger partial charge < -0.3 is 10.1 Å². The number of alkyl halides is 3. The maximum atomic E-state index is 12.9. The Morgan fingerprint density at radius 2 is 2.00 bits per heavy atom. The molecule has 0 heterocycles. The fourth-order valence-electron chi connectivity index (χ4n) is 1.79. The van der Waals surface area contributed by atoms with Gasteiger partial charge in [-0.15, -0.1) is 0 Å². The first kappa shape index (κ1) is 14.8. The SMILES string of the molecule is CCCNC(c1ccc(OC)c(C)c1)C(F)(F)F. The normalized spacial score (nSPS) is 13.4. The zero-order valence-corrected chi connectivity index (χ0v) is 10.8. The largest absolute Gasteiger partial charge is 0.496 e. The molecule has 0 radical (unpaired) electrons. The van der Waals surface area contributed by atoms with Crippen molar-refractivity contribution < 1.29 is 17.9 Å². The van der Waals surface area contributed by atoms with E-state index in [1.165, 1.54) is 19.2 Å². The number of methoxy groups -OCH3 is 1. The van der Waals surface area contributed by atoms with E-state index in [-0.39, 0.29) is 5.56 Å². The molecule has 1 aromatic rings. The van der Waals surface area contributed by atoms with E-state index in [2.05, 4.69) is 5.32 Å². The van der Waals surface area contributed by atoms with E-state index >= 15 is 0 Å². The van der Waals surface area contributed by atoms with Gasteiger partial charge in [0.2, 0.25) is 0 Å². The van der Waals surface area contributed by atoms with Gasteiger partial charge in [-0.2, -0.15) is 13.2 Å². The molecule has 0 aliphatic rings. The number of nitrogens with one attached hydrogen (secondary N) is 1. The van der Waals surface area contributed by atoms with E-state index in [1.807, 2.05) is 6.92 Å². The van der Waals surface area contributed by atoms with Crippen LogP contribution in [0, 0.1) is 6.92 Å². The van der Waals surface area contributed by atoms with Crippen molar-refractivity contribution >= 4 is 0 Å². The lowest BCUT2D eigenvalue weighted by molar-refractivity contribution is -0.157. The fourth-order valence-corrected chi connectivity index (χ4v) is 1.79. The van der Waals surface area contributed by atoms with Crippen molar-refractivity contribution in [1.82, 2.24) is 5.32 Å². The quantitative estimate of drug-likeness (QED) is 0.874. The third-order valence-corrected chi connectivity index (χ3v) is 2.68. The van der Waals surface area contributed by atoms with E-state index in [9.17, 15) is 13.2 Å². The average Bonchev–Trinajstić information content (AvgIpc) is 2.28. The zero-order valence-electron chi connectivity index (χ0n) is 10.8. The molecule has 102 valence electrons. The molecule has 2 nitrogen and oxygen atoms in total. The smallest absolute Gasteiger partial charge is 0.407 e. The Morgan fingerprint density at radius 1 is 1.33 bits per heavy atom.